The molecule has 1 aliphatic heterocycles. The zero-order chi connectivity index (χ0) is 6.15. The molecule has 2 nitrogen and oxygen atoms in total. The largest absolute Gasteiger partial charge is 0.294 e. The standard InChI is InChI=1S/C5H6O2S/c1-4-2-5(6)3-8(4)7/h2H,3H2,1H3. The lowest BCUT2D eigenvalue weighted by Crippen LogP contribution is -1.96. The normalized spacial score (nSPS) is 28.4. The van der Waals surface area contributed by atoms with Gasteiger partial charge in [-0.3, -0.25) is 9.00 Å². The van der Waals surface area contributed by atoms with E-state index in [1.54, 1.807) is 6.92 Å². The van der Waals surface area contributed by atoms with Crippen molar-refractivity contribution in [3.63, 3.8) is 0 Å². The minimum atomic E-state index is -0.986. The van der Waals surface area contributed by atoms with Gasteiger partial charge in [0, 0.05) is 4.91 Å². The van der Waals surface area contributed by atoms with Crippen LogP contribution in [0.4, 0.5) is 0 Å². The minimum Gasteiger partial charge on any atom is -0.294 e. The van der Waals surface area contributed by atoms with Gasteiger partial charge in [-0.2, -0.15) is 0 Å². The summed E-state index contributed by atoms with van der Waals surface area (Å²) in [6.45, 7) is 1.71. The molecule has 0 fully saturated rings. The zero-order valence-corrected chi connectivity index (χ0v) is 5.33. The average Bonchev–Trinajstić information content (AvgIpc) is 1.85. The number of carbonyl (C=O) groups excluding carboxylic acids is 1. The van der Waals surface area contributed by atoms with Crippen molar-refractivity contribution in [2.45, 2.75) is 6.92 Å². The maximum atomic E-state index is 10.6. The summed E-state index contributed by atoms with van der Waals surface area (Å²) in [7, 11) is -0.986. The van der Waals surface area contributed by atoms with Gasteiger partial charge in [-0.1, -0.05) is 0 Å². The lowest BCUT2D eigenvalue weighted by molar-refractivity contribution is -0.112. The van der Waals surface area contributed by atoms with Crippen LogP contribution in [-0.2, 0) is 15.6 Å². The Labute approximate surface area is 50.0 Å². The number of hydrogen-bond donors (Lipinski definition) is 0. The molecule has 0 saturated heterocycles. The van der Waals surface area contributed by atoms with Crippen LogP contribution < -0.4 is 0 Å². The van der Waals surface area contributed by atoms with Crippen LogP contribution in [0.2, 0.25) is 0 Å². The summed E-state index contributed by atoms with van der Waals surface area (Å²) < 4.78 is 10.6. The molecular formula is C5H6O2S. The van der Waals surface area contributed by atoms with Crippen LogP contribution in [0.15, 0.2) is 11.0 Å². The number of hydrogen-bond acceptors (Lipinski definition) is 2. The highest BCUT2D eigenvalue weighted by Crippen LogP contribution is 2.08. The van der Waals surface area contributed by atoms with Gasteiger partial charge in [0.15, 0.2) is 5.78 Å². The van der Waals surface area contributed by atoms with Crippen LogP contribution >= 0.6 is 0 Å². The molecule has 0 amide bonds. The minimum absolute atomic E-state index is 0.0131. The van der Waals surface area contributed by atoms with Gasteiger partial charge in [-0.15, -0.1) is 0 Å². The van der Waals surface area contributed by atoms with Gasteiger partial charge in [0.2, 0.25) is 0 Å². The van der Waals surface area contributed by atoms with E-state index in [2.05, 4.69) is 0 Å². The zero-order valence-electron chi connectivity index (χ0n) is 4.51. The molecule has 1 unspecified atom stereocenters. The van der Waals surface area contributed by atoms with Crippen molar-refractivity contribution in [3.8, 4) is 0 Å². The van der Waals surface area contributed by atoms with Crippen molar-refractivity contribution in [1.82, 2.24) is 0 Å². The van der Waals surface area contributed by atoms with E-state index in [-0.39, 0.29) is 11.5 Å². The third-order valence-electron chi connectivity index (χ3n) is 0.997. The highest BCUT2D eigenvalue weighted by Gasteiger charge is 2.15. The first kappa shape index (κ1) is 5.69. The molecule has 1 heterocycles. The van der Waals surface area contributed by atoms with Crippen LogP contribution in [0.1, 0.15) is 6.92 Å². The quantitative estimate of drug-likeness (QED) is 0.470. The second kappa shape index (κ2) is 1.82. The van der Waals surface area contributed by atoms with Crippen LogP contribution in [0.5, 0.6) is 0 Å². The average molecular weight is 130 g/mol. The molecule has 0 aromatic rings. The van der Waals surface area contributed by atoms with E-state index in [9.17, 15) is 9.00 Å². The Hall–Kier alpha value is -0.440. The van der Waals surface area contributed by atoms with Crippen LogP contribution in [0, 0.1) is 0 Å². The molecule has 1 rings (SSSR count). The molecule has 1 atom stereocenters. The molecule has 3 heteroatoms. The maximum Gasteiger partial charge on any atom is 0.169 e. The molecular weight excluding hydrogens is 124 g/mol. The van der Waals surface area contributed by atoms with E-state index in [1.807, 2.05) is 0 Å². The number of ketones is 1. The number of carbonyl (C=O) groups is 1. The molecule has 0 aromatic carbocycles. The van der Waals surface area contributed by atoms with Crippen molar-refractivity contribution in [1.29, 1.82) is 0 Å². The highest BCUT2D eigenvalue weighted by molar-refractivity contribution is 7.90. The Balaban J connectivity index is 2.88. The Morgan fingerprint density at radius 2 is 2.38 bits per heavy atom. The van der Waals surface area contributed by atoms with Gasteiger partial charge in [-0.25, -0.2) is 0 Å². The van der Waals surface area contributed by atoms with E-state index >= 15 is 0 Å². The smallest absolute Gasteiger partial charge is 0.169 e. The first-order chi connectivity index (χ1) is 3.70. The predicted molar refractivity (Wildman–Crippen MR) is 31.8 cm³/mol. The predicted octanol–water partition coefficient (Wildman–Crippen LogP) is 0.222. The summed E-state index contributed by atoms with van der Waals surface area (Å²) in [4.78, 5) is 11.1. The Bertz CT molecular complexity index is 181. The molecule has 0 saturated carbocycles. The van der Waals surface area contributed by atoms with E-state index in [4.69, 9.17) is 0 Å². The van der Waals surface area contributed by atoms with Crippen LogP contribution in [-0.4, -0.2) is 15.7 Å². The van der Waals surface area contributed by atoms with E-state index in [0.717, 1.165) is 0 Å². The Kier molecular flexibility index (Phi) is 1.29. The molecule has 0 radical (unpaired) electrons. The fourth-order valence-electron chi connectivity index (χ4n) is 0.577. The summed E-state index contributed by atoms with van der Waals surface area (Å²) in [6.07, 6.45) is 1.44. The van der Waals surface area contributed by atoms with Crippen LogP contribution in [0.25, 0.3) is 0 Å². The molecule has 0 aliphatic carbocycles. The van der Waals surface area contributed by atoms with E-state index in [1.165, 1.54) is 6.08 Å². The van der Waals surface area contributed by atoms with Crippen molar-refractivity contribution < 1.29 is 9.00 Å². The van der Waals surface area contributed by atoms with Crippen molar-refractivity contribution in [3.05, 3.63) is 11.0 Å². The molecule has 44 valence electrons. The van der Waals surface area contributed by atoms with Gasteiger partial charge in [0.05, 0.1) is 16.6 Å². The van der Waals surface area contributed by atoms with Crippen molar-refractivity contribution in [2.24, 2.45) is 0 Å². The second-order valence-corrected chi connectivity index (χ2v) is 3.33. The molecule has 0 N–H and O–H groups in total. The fourth-order valence-corrected chi connectivity index (χ4v) is 1.41. The molecule has 0 spiro atoms. The summed E-state index contributed by atoms with van der Waals surface area (Å²) >= 11 is 0. The Morgan fingerprint density at radius 1 is 1.75 bits per heavy atom. The second-order valence-electron chi connectivity index (χ2n) is 1.71. The van der Waals surface area contributed by atoms with Crippen molar-refractivity contribution >= 4 is 16.6 Å². The fraction of sp³-hybridized carbons (Fsp3) is 0.400. The SMILES string of the molecule is CC1=CC(=O)CS1=O. The molecule has 0 aromatic heterocycles. The first-order valence-electron chi connectivity index (χ1n) is 2.29. The van der Waals surface area contributed by atoms with Gasteiger partial charge in [0.25, 0.3) is 0 Å². The highest BCUT2D eigenvalue weighted by atomic mass is 32.2. The molecule has 8 heavy (non-hydrogen) atoms. The summed E-state index contributed by atoms with van der Waals surface area (Å²) in [5.74, 6) is 0.187. The summed E-state index contributed by atoms with van der Waals surface area (Å²) in [6, 6.07) is 0. The van der Waals surface area contributed by atoms with Gasteiger partial charge in [0.1, 0.15) is 0 Å². The third-order valence-corrected chi connectivity index (χ3v) is 2.38. The maximum absolute atomic E-state index is 10.6. The van der Waals surface area contributed by atoms with E-state index in [0.29, 0.717) is 4.91 Å². The van der Waals surface area contributed by atoms with E-state index < -0.39 is 10.8 Å². The topological polar surface area (TPSA) is 34.1 Å². The molecule has 1 aliphatic rings. The number of rotatable bonds is 0. The first-order valence-corrected chi connectivity index (χ1v) is 3.61. The summed E-state index contributed by atoms with van der Waals surface area (Å²) in [5, 5.41) is 0. The third kappa shape index (κ3) is 0.865. The lowest BCUT2D eigenvalue weighted by atomic mass is 10.4. The number of allylic oxidation sites excluding steroid dienone is 2. The Morgan fingerprint density at radius 3 is 2.50 bits per heavy atom. The van der Waals surface area contributed by atoms with Gasteiger partial charge < -0.3 is 0 Å². The van der Waals surface area contributed by atoms with Crippen LogP contribution in [0.3, 0.4) is 0 Å². The van der Waals surface area contributed by atoms with Gasteiger partial charge in [-0.05, 0) is 13.0 Å². The van der Waals surface area contributed by atoms with Crippen molar-refractivity contribution in [2.75, 3.05) is 5.75 Å². The lowest BCUT2D eigenvalue weighted by Gasteiger charge is -1.82. The summed E-state index contributed by atoms with van der Waals surface area (Å²) in [5.41, 5.74) is 0. The van der Waals surface area contributed by atoms with Gasteiger partial charge >= 0.3 is 0 Å². The molecule has 0 bridgehead atoms. The monoisotopic (exact) mass is 130 g/mol.